The fourth-order valence-electron chi connectivity index (χ4n) is 3.32. The molecule has 0 atom stereocenters. The van der Waals surface area contributed by atoms with E-state index in [0.29, 0.717) is 27.5 Å². The SMILES string of the molecule is CC(C)n1ccnc1-c1cccc(NC(=O)c2cc(-c3ccc(Br)nc3)cn(C)c2=O)n1. The van der Waals surface area contributed by atoms with Gasteiger partial charge in [0, 0.05) is 49.0 Å². The smallest absolute Gasteiger partial charge is 0.263 e. The fraction of sp³-hybridized carbons (Fsp3) is 0.174. The maximum absolute atomic E-state index is 13.0. The summed E-state index contributed by atoms with van der Waals surface area (Å²) in [7, 11) is 1.61. The second-order valence-electron chi connectivity index (χ2n) is 7.54. The average Bonchev–Trinajstić information content (AvgIpc) is 3.27. The molecule has 8 nitrogen and oxygen atoms in total. The van der Waals surface area contributed by atoms with Gasteiger partial charge in [-0.1, -0.05) is 12.1 Å². The molecule has 0 radical (unpaired) electrons. The lowest BCUT2D eigenvalue weighted by Gasteiger charge is -2.12. The Morgan fingerprint density at radius 1 is 1.12 bits per heavy atom. The predicted octanol–water partition coefficient (Wildman–Crippen LogP) is 4.30. The van der Waals surface area contributed by atoms with Gasteiger partial charge in [-0.15, -0.1) is 0 Å². The molecule has 4 heterocycles. The molecule has 0 aliphatic heterocycles. The van der Waals surface area contributed by atoms with E-state index < -0.39 is 11.5 Å². The van der Waals surface area contributed by atoms with Crippen molar-refractivity contribution in [2.45, 2.75) is 19.9 Å². The van der Waals surface area contributed by atoms with Crippen molar-refractivity contribution >= 4 is 27.7 Å². The van der Waals surface area contributed by atoms with E-state index in [1.54, 1.807) is 49.9 Å². The second kappa shape index (κ2) is 8.88. The number of nitrogens with zero attached hydrogens (tertiary/aromatic N) is 5. The number of nitrogens with one attached hydrogen (secondary N) is 1. The van der Waals surface area contributed by atoms with Crippen LogP contribution in [0.1, 0.15) is 30.2 Å². The van der Waals surface area contributed by atoms with Crippen LogP contribution in [0.3, 0.4) is 0 Å². The average molecular weight is 493 g/mol. The number of amides is 1. The summed E-state index contributed by atoms with van der Waals surface area (Å²) in [6.07, 6.45) is 6.95. The summed E-state index contributed by atoms with van der Waals surface area (Å²) in [5.74, 6) is 0.509. The molecule has 4 aromatic heterocycles. The zero-order valence-corrected chi connectivity index (χ0v) is 19.4. The van der Waals surface area contributed by atoms with Crippen molar-refractivity contribution in [3.05, 3.63) is 81.7 Å². The standard InChI is InChI=1S/C23H21BrN6O2/c1-14(2)30-10-9-25-21(30)18-5-4-6-20(27-18)28-22(31)17-11-16(13-29(3)23(17)32)15-7-8-19(24)26-12-15/h4-14H,1-3H3,(H,27,28,31). The highest BCUT2D eigenvalue weighted by atomic mass is 79.9. The molecule has 0 unspecified atom stereocenters. The molecular formula is C23H21BrN6O2. The van der Waals surface area contributed by atoms with E-state index in [0.717, 1.165) is 5.56 Å². The van der Waals surface area contributed by atoms with Crippen LogP contribution in [0.4, 0.5) is 5.82 Å². The summed E-state index contributed by atoms with van der Waals surface area (Å²) >= 11 is 3.31. The van der Waals surface area contributed by atoms with E-state index in [9.17, 15) is 9.59 Å². The van der Waals surface area contributed by atoms with Crippen LogP contribution in [0, 0.1) is 0 Å². The van der Waals surface area contributed by atoms with Crippen LogP contribution in [-0.2, 0) is 7.05 Å². The van der Waals surface area contributed by atoms with Crippen molar-refractivity contribution < 1.29 is 4.79 Å². The first kappa shape index (κ1) is 21.6. The molecule has 1 amide bonds. The molecule has 4 aromatic rings. The minimum atomic E-state index is -0.533. The van der Waals surface area contributed by atoms with E-state index >= 15 is 0 Å². The third-order valence-electron chi connectivity index (χ3n) is 4.93. The largest absolute Gasteiger partial charge is 0.327 e. The number of aryl methyl sites for hydroxylation is 1. The number of carbonyl (C=O) groups excluding carboxylic acids is 1. The van der Waals surface area contributed by atoms with Crippen LogP contribution in [0.15, 0.2) is 70.6 Å². The molecule has 9 heteroatoms. The number of carbonyl (C=O) groups is 1. The molecule has 0 saturated carbocycles. The first-order valence-corrected chi connectivity index (χ1v) is 10.8. The zero-order valence-electron chi connectivity index (χ0n) is 17.8. The maximum Gasteiger partial charge on any atom is 0.263 e. The van der Waals surface area contributed by atoms with Gasteiger partial charge >= 0.3 is 0 Å². The third-order valence-corrected chi connectivity index (χ3v) is 5.40. The first-order chi connectivity index (χ1) is 15.3. The van der Waals surface area contributed by atoms with Crippen LogP contribution >= 0.6 is 15.9 Å². The Labute approximate surface area is 193 Å². The molecule has 32 heavy (non-hydrogen) atoms. The van der Waals surface area contributed by atoms with Gasteiger partial charge in [-0.25, -0.2) is 15.0 Å². The zero-order chi connectivity index (χ0) is 22.8. The van der Waals surface area contributed by atoms with Gasteiger partial charge in [0.1, 0.15) is 21.7 Å². The van der Waals surface area contributed by atoms with Crippen molar-refractivity contribution in [3.63, 3.8) is 0 Å². The van der Waals surface area contributed by atoms with E-state index in [-0.39, 0.29) is 11.6 Å². The summed E-state index contributed by atoms with van der Waals surface area (Å²) in [6, 6.07) is 10.7. The number of imidazole rings is 1. The monoisotopic (exact) mass is 492 g/mol. The second-order valence-corrected chi connectivity index (χ2v) is 8.35. The summed E-state index contributed by atoms with van der Waals surface area (Å²) < 4.78 is 4.09. The van der Waals surface area contributed by atoms with E-state index in [1.807, 2.05) is 22.9 Å². The Morgan fingerprint density at radius 3 is 2.66 bits per heavy atom. The number of halogens is 1. The van der Waals surface area contributed by atoms with Crippen molar-refractivity contribution in [1.29, 1.82) is 0 Å². The highest BCUT2D eigenvalue weighted by Crippen LogP contribution is 2.22. The quantitative estimate of drug-likeness (QED) is 0.419. The molecule has 0 bridgehead atoms. The van der Waals surface area contributed by atoms with Gasteiger partial charge < -0.3 is 14.5 Å². The molecule has 0 aliphatic carbocycles. The highest BCUT2D eigenvalue weighted by Gasteiger charge is 2.16. The van der Waals surface area contributed by atoms with Gasteiger partial charge in [0.05, 0.1) is 0 Å². The van der Waals surface area contributed by atoms with Crippen LogP contribution in [0.5, 0.6) is 0 Å². The minimum absolute atomic E-state index is 0.0174. The summed E-state index contributed by atoms with van der Waals surface area (Å²) in [5.41, 5.74) is 1.74. The molecule has 1 N–H and O–H groups in total. The number of hydrogen-bond acceptors (Lipinski definition) is 5. The topological polar surface area (TPSA) is 94.7 Å². The van der Waals surface area contributed by atoms with Gasteiger partial charge in [-0.2, -0.15) is 0 Å². The van der Waals surface area contributed by atoms with Gasteiger partial charge in [-0.3, -0.25) is 9.59 Å². The molecule has 0 fully saturated rings. The lowest BCUT2D eigenvalue weighted by molar-refractivity contribution is 0.102. The lowest BCUT2D eigenvalue weighted by Crippen LogP contribution is -2.27. The van der Waals surface area contributed by atoms with Gasteiger partial charge in [-0.05, 0) is 54.0 Å². The molecule has 4 rings (SSSR count). The number of pyridine rings is 3. The predicted molar refractivity (Wildman–Crippen MR) is 126 cm³/mol. The third kappa shape index (κ3) is 4.38. The number of rotatable bonds is 5. The van der Waals surface area contributed by atoms with Crippen molar-refractivity contribution in [2.24, 2.45) is 7.05 Å². The van der Waals surface area contributed by atoms with Crippen LogP contribution in [0.2, 0.25) is 0 Å². The number of aromatic nitrogens is 5. The molecule has 0 aromatic carbocycles. The summed E-state index contributed by atoms with van der Waals surface area (Å²) in [4.78, 5) is 38.8. The molecule has 0 saturated heterocycles. The molecular weight excluding hydrogens is 472 g/mol. The Hall–Kier alpha value is -3.59. The van der Waals surface area contributed by atoms with E-state index in [2.05, 4.69) is 50.0 Å². The Bertz CT molecular complexity index is 1340. The minimum Gasteiger partial charge on any atom is -0.327 e. The Kier molecular flexibility index (Phi) is 6.00. The van der Waals surface area contributed by atoms with Crippen LogP contribution < -0.4 is 10.9 Å². The Balaban J connectivity index is 1.65. The summed E-state index contributed by atoms with van der Waals surface area (Å²) in [6.45, 7) is 4.11. The molecule has 0 aliphatic rings. The van der Waals surface area contributed by atoms with E-state index in [4.69, 9.17) is 0 Å². The van der Waals surface area contributed by atoms with Gasteiger partial charge in [0.15, 0.2) is 5.82 Å². The lowest BCUT2D eigenvalue weighted by atomic mass is 10.1. The number of anilines is 1. The summed E-state index contributed by atoms with van der Waals surface area (Å²) in [5, 5.41) is 2.74. The van der Waals surface area contributed by atoms with Crippen molar-refractivity contribution in [3.8, 4) is 22.6 Å². The molecule has 0 spiro atoms. The first-order valence-electron chi connectivity index (χ1n) is 9.97. The Morgan fingerprint density at radius 2 is 1.94 bits per heavy atom. The normalized spacial score (nSPS) is 11.0. The fourth-order valence-corrected chi connectivity index (χ4v) is 3.55. The van der Waals surface area contributed by atoms with Gasteiger partial charge in [0.25, 0.3) is 11.5 Å². The highest BCUT2D eigenvalue weighted by molar-refractivity contribution is 9.10. The van der Waals surface area contributed by atoms with Crippen LogP contribution in [0.25, 0.3) is 22.6 Å². The molecule has 162 valence electrons. The van der Waals surface area contributed by atoms with Crippen LogP contribution in [-0.4, -0.2) is 30.0 Å². The van der Waals surface area contributed by atoms with Crippen molar-refractivity contribution in [2.75, 3.05) is 5.32 Å². The number of hydrogen-bond donors (Lipinski definition) is 1. The van der Waals surface area contributed by atoms with Gasteiger partial charge in [0.2, 0.25) is 0 Å². The van der Waals surface area contributed by atoms with E-state index in [1.165, 1.54) is 4.57 Å². The maximum atomic E-state index is 13.0. The van der Waals surface area contributed by atoms with Crippen molar-refractivity contribution in [1.82, 2.24) is 24.1 Å².